The monoisotopic (exact) mass is 505 g/mol. The van der Waals surface area contributed by atoms with E-state index in [0.29, 0.717) is 0 Å². The normalized spacial score (nSPS) is 11.2. The van der Waals surface area contributed by atoms with Gasteiger partial charge in [-0.1, -0.05) is 143 Å². The third-order valence-corrected chi connectivity index (χ3v) is 8.24. The molecule has 0 aliphatic heterocycles. The highest BCUT2D eigenvalue weighted by molar-refractivity contribution is 7.19. The van der Waals surface area contributed by atoms with Crippen LogP contribution in [0.3, 0.4) is 0 Å². The fourth-order valence-electron chi connectivity index (χ4n) is 6.31. The smallest absolute Gasteiger partial charge is 0.108 e. The molecule has 0 bridgehead atoms. The molecule has 0 radical (unpaired) electrons. The van der Waals surface area contributed by atoms with Crippen LogP contribution < -0.4 is 28.0 Å². The minimum Gasteiger partial charge on any atom is -0.369 e. The van der Waals surface area contributed by atoms with Gasteiger partial charge in [0.15, 0.2) is 0 Å². The fraction of sp³-hybridized carbons (Fsp3) is 0.333. The predicted octanol–water partition coefficient (Wildman–Crippen LogP) is 7.47. The van der Waals surface area contributed by atoms with Gasteiger partial charge in [-0.05, 0) is 55.2 Å². The molecule has 0 amide bonds. The Morgan fingerprint density at radius 3 is 1.13 bits per heavy atom. The van der Waals surface area contributed by atoms with Crippen molar-refractivity contribution in [3.63, 3.8) is 0 Å². The molecule has 0 heterocycles. The summed E-state index contributed by atoms with van der Waals surface area (Å²) in [5.74, 6) is 0. The molecule has 2 heteroatoms. The molecule has 0 spiro atoms. The largest absolute Gasteiger partial charge is 0.369 e. The van der Waals surface area contributed by atoms with Crippen LogP contribution in [0.1, 0.15) is 76.0 Å². The number of aryl methyl sites for hydroxylation is 2. The summed E-state index contributed by atoms with van der Waals surface area (Å²) in [6, 6.07) is 39.0. The number of hydrogen-bond acceptors (Lipinski definition) is 0. The Hall–Kier alpha value is -3.10. The Labute approximate surface area is 232 Å². The molecule has 0 aliphatic rings. The first kappa shape index (κ1) is 29.5. The SMILES string of the molecule is CCCCc1cc([B-](c2ccccc2)(c2ccccc2)c2ccccc2)cc(CCCC)c1CCCC.[NH4+]. The summed E-state index contributed by atoms with van der Waals surface area (Å²) in [6.45, 7) is 6.96. The standard InChI is InChI=1S/C36H44B.H3N/c1-4-7-19-30-28-35(29-31(20-8-5-2)36(30)27-9-6-3)37(32-21-13-10-14-22-32,33-23-15-11-16-24-33)34-25-17-12-18-26-34;/h10-18,21-26,28-29H,4-9,19-20,27H2,1-3H3;1H3/q-1;/p+1. The topological polar surface area (TPSA) is 36.5 Å². The molecule has 1 nitrogen and oxygen atoms in total. The van der Waals surface area contributed by atoms with Crippen LogP contribution in [-0.4, -0.2) is 6.15 Å². The van der Waals surface area contributed by atoms with Gasteiger partial charge in [0, 0.05) is 0 Å². The third-order valence-electron chi connectivity index (χ3n) is 8.24. The first-order valence-corrected chi connectivity index (χ1v) is 14.7. The van der Waals surface area contributed by atoms with Gasteiger partial charge in [0.2, 0.25) is 0 Å². The second kappa shape index (κ2) is 14.7. The second-order valence-corrected chi connectivity index (χ2v) is 10.7. The molecule has 0 fully saturated rings. The Morgan fingerprint density at radius 1 is 0.447 bits per heavy atom. The van der Waals surface area contributed by atoms with Crippen LogP contribution in [0, 0.1) is 0 Å². The zero-order valence-electron chi connectivity index (χ0n) is 24.3. The van der Waals surface area contributed by atoms with Crippen molar-refractivity contribution in [2.45, 2.75) is 78.6 Å². The molecule has 0 atom stereocenters. The minimum absolute atomic E-state index is 0. The highest BCUT2D eigenvalue weighted by atomic mass is 14.2. The number of benzene rings is 4. The summed E-state index contributed by atoms with van der Waals surface area (Å²) in [5.41, 5.74) is 10.5. The molecule has 4 aromatic carbocycles. The highest BCUT2D eigenvalue weighted by Crippen LogP contribution is 2.23. The zero-order chi connectivity index (χ0) is 25.9. The van der Waals surface area contributed by atoms with Crippen molar-refractivity contribution in [1.29, 1.82) is 0 Å². The lowest BCUT2D eigenvalue weighted by molar-refractivity contribution is 0.735. The number of hydrogen-bond donors (Lipinski definition) is 1. The molecular formula is C36H48BN. The van der Waals surface area contributed by atoms with Gasteiger partial charge in [-0.3, -0.25) is 0 Å². The van der Waals surface area contributed by atoms with Crippen LogP contribution >= 0.6 is 0 Å². The number of rotatable bonds is 13. The average molecular weight is 506 g/mol. The van der Waals surface area contributed by atoms with E-state index in [9.17, 15) is 0 Å². The Bertz CT molecular complexity index is 1090. The maximum atomic E-state index is 2.61. The van der Waals surface area contributed by atoms with E-state index in [-0.39, 0.29) is 6.15 Å². The van der Waals surface area contributed by atoms with Gasteiger partial charge in [0.05, 0.1) is 0 Å². The maximum absolute atomic E-state index is 2.61. The van der Waals surface area contributed by atoms with E-state index in [1.54, 1.807) is 16.7 Å². The zero-order valence-corrected chi connectivity index (χ0v) is 24.3. The first-order valence-electron chi connectivity index (χ1n) is 14.7. The molecule has 0 aliphatic carbocycles. The van der Waals surface area contributed by atoms with Gasteiger partial charge in [-0.25, -0.2) is 0 Å². The average Bonchev–Trinajstić information content (AvgIpc) is 2.96. The van der Waals surface area contributed by atoms with Crippen molar-refractivity contribution in [3.8, 4) is 0 Å². The van der Waals surface area contributed by atoms with Crippen LogP contribution in [0.2, 0.25) is 0 Å². The Morgan fingerprint density at radius 2 is 0.789 bits per heavy atom. The van der Waals surface area contributed by atoms with E-state index in [1.807, 2.05) is 0 Å². The lowest BCUT2D eigenvalue weighted by Crippen LogP contribution is -2.74. The van der Waals surface area contributed by atoms with Gasteiger partial charge in [0.1, 0.15) is 6.15 Å². The molecular weight excluding hydrogens is 457 g/mol. The summed E-state index contributed by atoms with van der Waals surface area (Å²) >= 11 is 0. The number of quaternary nitrogens is 1. The highest BCUT2D eigenvalue weighted by Gasteiger charge is 2.32. The molecule has 4 rings (SSSR count). The quantitative estimate of drug-likeness (QED) is 0.183. The fourth-order valence-corrected chi connectivity index (χ4v) is 6.31. The predicted molar refractivity (Wildman–Crippen MR) is 172 cm³/mol. The number of unbranched alkanes of at least 4 members (excludes halogenated alkanes) is 3. The third kappa shape index (κ3) is 6.30. The van der Waals surface area contributed by atoms with Gasteiger partial charge in [-0.2, -0.15) is 21.9 Å². The Balaban J connectivity index is 0.00000400. The van der Waals surface area contributed by atoms with Crippen molar-refractivity contribution in [2.75, 3.05) is 0 Å². The first-order chi connectivity index (χ1) is 18.2. The molecule has 0 unspecified atom stereocenters. The van der Waals surface area contributed by atoms with Crippen LogP contribution in [-0.2, 0) is 19.3 Å². The van der Waals surface area contributed by atoms with Crippen LogP contribution in [0.25, 0.3) is 0 Å². The van der Waals surface area contributed by atoms with E-state index in [1.165, 1.54) is 79.6 Å². The van der Waals surface area contributed by atoms with E-state index in [4.69, 9.17) is 0 Å². The summed E-state index contributed by atoms with van der Waals surface area (Å²) in [6.07, 6.45) is 9.70. The van der Waals surface area contributed by atoms with Crippen molar-refractivity contribution in [2.24, 2.45) is 0 Å². The summed E-state index contributed by atoms with van der Waals surface area (Å²) < 4.78 is 0. The van der Waals surface area contributed by atoms with Gasteiger partial charge in [0.25, 0.3) is 0 Å². The lowest BCUT2D eigenvalue weighted by atomic mass is 9.13. The Kier molecular flexibility index (Phi) is 11.4. The summed E-state index contributed by atoms with van der Waals surface area (Å²) in [7, 11) is 0. The molecule has 200 valence electrons. The van der Waals surface area contributed by atoms with Crippen molar-refractivity contribution in [1.82, 2.24) is 6.15 Å². The van der Waals surface area contributed by atoms with E-state index < -0.39 is 6.15 Å². The van der Waals surface area contributed by atoms with Gasteiger partial charge < -0.3 is 6.15 Å². The molecule has 38 heavy (non-hydrogen) atoms. The van der Waals surface area contributed by atoms with Crippen LogP contribution in [0.15, 0.2) is 103 Å². The molecule has 0 aromatic heterocycles. The second-order valence-electron chi connectivity index (χ2n) is 10.7. The minimum atomic E-state index is -1.32. The van der Waals surface area contributed by atoms with Gasteiger partial charge >= 0.3 is 0 Å². The van der Waals surface area contributed by atoms with Gasteiger partial charge in [-0.15, -0.1) is 0 Å². The summed E-state index contributed by atoms with van der Waals surface area (Å²) in [4.78, 5) is 0. The van der Waals surface area contributed by atoms with Crippen LogP contribution in [0.4, 0.5) is 0 Å². The van der Waals surface area contributed by atoms with Crippen molar-refractivity contribution in [3.05, 3.63) is 120 Å². The van der Waals surface area contributed by atoms with E-state index in [2.05, 4.69) is 124 Å². The van der Waals surface area contributed by atoms with Crippen molar-refractivity contribution >= 4 is 28.0 Å². The summed E-state index contributed by atoms with van der Waals surface area (Å²) in [5, 5.41) is 0. The van der Waals surface area contributed by atoms with E-state index >= 15 is 0 Å². The van der Waals surface area contributed by atoms with E-state index in [0.717, 1.165) is 0 Å². The molecule has 4 aromatic rings. The molecule has 0 saturated carbocycles. The molecule has 0 saturated heterocycles. The van der Waals surface area contributed by atoms with Crippen molar-refractivity contribution < 1.29 is 0 Å². The van der Waals surface area contributed by atoms with Crippen LogP contribution in [0.5, 0.6) is 0 Å². The molecule has 4 N–H and O–H groups in total. The lowest BCUT2D eigenvalue weighted by Gasteiger charge is -2.45. The maximum Gasteiger partial charge on any atom is 0.108 e.